The highest BCUT2D eigenvalue weighted by molar-refractivity contribution is 5.94. The third-order valence-corrected chi connectivity index (χ3v) is 1.55. The van der Waals surface area contributed by atoms with Crippen molar-refractivity contribution in [2.75, 3.05) is 5.32 Å². The van der Waals surface area contributed by atoms with Gasteiger partial charge < -0.3 is 11.1 Å². The van der Waals surface area contributed by atoms with Gasteiger partial charge in [-0.15, -0.1) is 12.4 Å². The molecule has 1 aromatic rings. The summed E-state index contributed by atoms with van der Waals surface area (Å²) in [6.45, 7) is 1.54. The maximum atomic E-state index is 13.0. The Morgan fingerprint density at radius 3 is 2.57 bits per heavy atom. The number of nitrogens with two attached hydrogens (primary N) is 1. The van der Waals surface area contributed by atoms with Crippen LogP contribution in [-0.2, 0) is 4.79 Å². The molecule has 0 aliphatic heterocycles. The van der Waals surface area contributed by atoms with Crippen molar-refractivity contribution in [3.05, 3.63) is 30.1 Å². The van der Waals surface area contributed by atoms with Crippen LogP contribution < -0.4 is 11.1 Å². The molecule has 0 aliphatic carbocycles. The first-order valence-electron chi connectivity index (χ1n) is 3.92. The average Bonchev–Trinajstić information content (AvgIpc) is 2.08. The zero-order valence-corrected chi connectivity index (χ0v) is 8.48. The van der Waals surface area contributed by atoms with Crippen molar-refractivity contribution in [1.82, 2.24) is 0 Å². The molecule has 78 valence electrons. The zero-order chi connectivity index (χ0) is 9.84. The van der Waals surface area contributed by atoms with E-state index in [9.17, 15) is 9.18 Å². The minimum atomic E-state index is -0.639. The second-order valence-electron chi connectivity index (χ2n) is 2.76. The molecule has 1 rings (SSSR count). The number of benzene rings is 1. The number of carbonyl (C=O) groups is 1. The number of hydrogen-bond acceptors (Lipinski definition) is 2. The molecule has 1 amide bonds. The average molecular weight is 219 g/mol. The van der Waals surface area contributed by atoms with E-state index < -0.39 is 17.8 Å². The molecule has 0 radical (unpaired) electrons. The van der Waals surface area contributed by atoms with Crippen LogP contribution in [0.25, 0.3) is 0 Å². The van der Waals surface area contributed by atoms with Gasteiger partial charge in [-0.25, -0.2) is 4.39 Å². The van der Waals surface area contributed by atoms with Crippen molar-refractivity contribution in [2.45, 2.75) is 13.0 Å². The highest BCUT2D eigenvalue weighted by atomic mass is 35.5. The van der Waals surface area contributed by atoms with Crippen LogP contribution in [0, 0.1) is 5.82 Å². The van der Waals surface area contributed by atoms with Gasteiger partial charge in [0.15, 0.2) is 0 Å². The second kappa shape index (κ2) is 5.57. The highest BCUT2D eigenvalue weighted by Gasteiger charge is 2.09. The van der Waals surface area contributed by atoms with Gasteiger partial charge in [0, 0.05) is 0 Å². The molecule has 14 heavy (non-hydrogen) atoms. The fourth-order valence-electron chi connectivity index (χ4n) is 0.809. The maximum Gasteiger partial charge on any atom is 0.241 e. The van der Waals surface area contributed by atoms with Gasteiger partial charge in [-0.2, -0.15) is 0 Å². The predicted octanol–water partition coefficient (Wildman–Crippen LogP) is 1.53. The Morgan fingerprint density at radius 1 is 1.50 bits per heavy atom. The summed E-state index contributed by atoms with van der Waals surface area (Å²) in [7, 11) is 0. The number of hydrogen-bond donors (Lipinski definition) is 2. The van der Waals surface area contributed by atoms with E-state index in [0.717, 1.165) is 0 Å². The number of carbonyl (C=O) groups excluding carboxylic acids is 1. The highest BCUT2D eigenvalue weighted by Crippen LogP contribution is 2.12. The molecule has 0 spiro atoms. The van der Waals surface area contributed by atoms with Gasteiger partial charge in [0.05, 0.1) is 11.7 Å². The van der Waals surface area contributed by atoms with Gasteiger partial charge in [-0.1, -0.05) is 12.1 Å². The van der Waals surface area contributed by atoms with Gasteiger partial charge in [-0.05, 0) is 19.1 Å². The summed E-state index contributed by atoms with van der Waals surface area (Å²) >= 11 is 0. The number of nitrogens with one attached hydrogen (secondary N) is 1. The minimum Gasteiger partial charge on any atom is -0.322 e. The Kier molecular flexibility index (Phi) is 5.12. The Hall–Kier alpha value is -1.13. The normalized spacial score (nSPS) is 11.4. The Balaban J connectivity index is 0.00000169. The lowest BCUT2D eigenvalue weighted by molar-refractivity contribution is -0.117. The topological polar surface area (TPSA) is 55.1 Å². The number of rotatable bonds is 2. The van der Waals surface area contributed by atoms with Gasteiger partial charge in [0.25, 0.3) is 0 Å². The largest absolute Gasteiger partial charge is 0.322 e. The van der Waals surface area contributed by atoms with Crippen molar-refractivity contribution in [1.29, 1.82) is 0 Å². The molecule has 0 aliphatic rings. The van der Waals surface area contributed by atoms with E-state index in [-0.39, 0.29) is 18.1 Å². The predicted molar refractivity (Wildman–Crippen MR) is 55.9 cm³/mol. The van der Waals surface area contributed by atoms with Crippen LogP contribution in [0.3, 0.4) is 0 Å². The Morgan fingerprint density at radius 2 is 2.07 bits per heavy atom. The molecule has 0 unspecified atom stereocenters. The van der Waals surface area contributed by atoms with Crippen LogP contribution in [0.2, 0.25) is 0 Å². The lowest BCUT2D eigenvalue weighted by Gasteiger charge is -2.07. The summed E-state index contributed by atoms with van der Waals surface area (Å²) in [5, 5.41) is 2.37. The van der Waals surface area contributed by atoms with Crippen LogP contribution in [0.4, 0.5) is 10.1 Å². The number of anilines is 1. The minimum absolute atomic E-state index is 0. The van der Waals surface area contributed by atoms with Crippen LogP contribution in [0.1, 0.15) is 6.92 Å². The lowest BCUT2D eigenvalue weighted by Crippen LogP contribution is -2.32. The fourth-order valence-corrected chi connectivity index (χ4v) is 0.809. The second-order valence-corrected chi connectivity index (χ2v) is 2.76. The van der Waals surface area contributed by atoms with Gasteiger partial charge in [0.1, 0.15) is 5.82 Å². The maximum absolute atomic E-state index is 13.0. The van der Waals surface area contributed by atoms with Crippen molar-refractivity contribution in [2.24, 2.45) is 5.73 Å². The van der Waals surface area contributed by atoms with Crippen LogP contribution >= 0.6 is 12.4 Å². The summed E-state index contributed by atoms with van der Waals surface area (Å²) in [5.74, 6) is -0.860. The van der Waals surface area contributed by atoms with E-state index in [1.54, 1.807) is 12.1 Å². The van der Waals surface area contributed by atoms with Gasteiger partial charge >= 0.3 is 0 Å². The molecule has 0 heterocycles. The van der Waals surface area contributed by atoms with Crippen molar-refractivity contribution < 1.29 is 9.18 Å². The Labute approximate surface area is 87.9 Å². The molecule has 0 saturated heterocycles. The first-order chi connectivity index (χ1) is 6.11. The molecule has 0 bridgehead atoms. The third kappa shape index (κ3) is 3.32. The number of para-hydroxylation sites is 1. The standard InChI is InChI=1S/C9H11FN2O.ClH/c1-6(11)9(13)12-8-5-3-2-4-7(8)10;/h2-6H,11H2,1H3,(H,12,13);1H/t6-;/m1./s1. The SMILES string of the molecule is C[C@@H](N)C(=O)Nc1ccccc1F.Cl. The molecule has 3 nitrogen and oxygen atoms in total. The monoisotopic (exact) mass is 218 g/mol. The van der Waals surface area contributed by atoms with E-state index in [4.69, 9.17) is 5.73 Å². The lowest BCUT2D eigenvalue weighted by atomic mass is 10.3. The first-order valence-corrected chi connectivity index (χ1v) is 3.92. The molecular weight excluding hydrogens is 207 g/mol. The van der Waals surface area contributed by atoms with Gasteiger partial charge in [0.2, 0.25) is 5.91 Å². The van der Waals surface area contributed by atoms with Crippen LogP contribution in [0.5, 0.6) is 0 Å². The van der Waals surface area contributed by atoms with Crippen molar-refractivity contribution >= 4 is 24.0 Å². The Bertz CT molecular complexity index is 317. The molecule has 1 atom stereocenters. The van der Waals surface area contributed by atoms with E-state index in [0.29, 0.717) is 0 Å². The van der Waals surface area contributed by atoms with Crippen LogP contribution in [0.15, 0.2) is 24.3 Å². The molecule has 1 aromatic carbocycles. The molecule has 0 saturated carbocycles. The molecule has 3 N–H and O–H groups in total. The van der Waals surface area contributed by atoms with E-state index >= 15 is 0 Å². The first kappa shape index (κ1) is 12.9. The molecule has 0 fully saturated rings. The molecule has 0 aromatic heterocycles. The molecule has 5 heteroatoms. The summed E-state index contributed by atoms with van der Waals surface area (Å²) in [4.78, 5) is 11.1. The van der Waals surface area contributed by atoms with E-state index in [1.807, 2.05) is 0 Å². The zero-order valence-electron chi connectivity index (χ0n) is 7.66. The summed E-state index contributed by atoms with van der Waals surface area (Å²) < 4.78 is 13.0. The quantitative estimate of drug-likeness (QED) is 0.791. The molecular formula is C9H12ClFN2O. The van der Waals surface area contributed by atoms with Crippen molar-refractivity contribution in [3.63, 3.8) is 0 Å². The summed E-state index contributed by atoms with van der Waals surface area (Å²) in [5.41, 5.74) is 5.46. The van der Waals surface area contributed by atoms with E-state index in [2.05, 4.69) is 5.32 Å². The van der Waals surface area contributed by atoms with Gasteiger partial charge in [-0.3, -0.25) is 4.79 Å². The smallest absolute Gasteiger partial charge is 0.241 e. The number of halogens is 2. The fraction of sp³-hybridized carbons (Fsp3) is 0.222. The summed E-state index contributed by atoms with van der Waals surface area (Å²) in [6, 6.07) is 5.31. The third-order valence-electron chi connectivity index (χ3n) is 1.55. The number of amides is 1. The van der Waals surface area contributed by atoms with Crippen LogP contribution in [-0.4, -0.2) is 11.9 Å². The van der Waals surface area contributed by atoms with Crippen molar-refractivity contribution in [3.8, 4) is 0 Å². The van der Waals surface area contributed by atoms with E-state index in [1.165, 1.54) is 19.1 Å². The summed E-state index contributed by atoms with van der Waals surface area (Å²) in [6.07, 6.45) is 0.